The maximum atomic E-state index is 10.9. The van der Waals surface area contributed by atoms with Crippen molar-refractivity contribution in [3.63, 3.8) is 0 Å². The van der Waals surface area contributed by atoms with E-state index in [0.717, 1.165) is 12.8 Å². The van der Waals surface area contributed by atoms with E-state index in [4.69, 9.17) is 0 Å². The summed E-state index contributed by atoms with van der Waals surface area (Å²) < 4.78 is 0. The summed E-state index contributed by atoms with van der Waals surface area (Å²) in [5.74, 6) is 0.0266. The molecule has 0 rings (SSSR count). The van der Waals surface area contributed by atoms with Crippen molar-refractivity contribution in [1.82, 2.24) is 0 Å². The van der Waals surface area contributed by atoms with Gasteiger partial charge >= 0.3 is 0 Å². The van der Waals surface area contributed by atoms with Gasteiger partial charge in [-0.2, -0.15) is 0 Å². The van der Waals surface area contributed by atoms with E-state index in [-0.39, 0.29) is 18.8 Å². The minimum atomic E-state index is -0.882. The monoisotopic (exact) mass is 175 g/mol. The van der Waals surface area contributed by atoms with Crippen LogP contribution in [0.1, 0.15) is 32.6 Å². The first-order valence-electron chi connectivity index (χ1n) is 3.95. The fourth-order valence-corrected chi connectivity index (χ4v) is 0.733. The minimum absolute atomic E-state index is 0.0266. The molecule has 0 saturated carbocycles. The number of ketones is 1. The average Bonchev–Trinajstić information content (AvgIpc) is 2.00. The zero-order valence-corrected chi connectivity index (χ0v) is 7.12. The van der Waals surface area contributed by atoms with Gasteiger partial charge in [-0.05, 0) is 6.42 Å². The molecule has 0 heterocycles. The van der Waals surface area contributed by atoms with Crippen molar-refractivity contribution in [2.45, 2.75) is 32.6 Å². The van der Waals surface area contributed by atoms with Gasteiger partial charge in [0.25, 0.3) is 5.09 Å². The lowest BCUT2D eigenvalue weighted by Crippen LogP contribution is -2.07. The van der Waals surface area contributed by atoms with Gasteiger partial charge in [-0.15, -0.1) is 10.1 Å². The average molecular weight is 175 g/mol. The van der Waals surface area contributed by atoms with Gasteiger partial charge in [0.15, 0.2) is 0 Å². The highest BCUT2D eigenvalue weighted by Crippen LogP contribution is 1.98. The van der Waals surface area contributed by atoms with E-state index in [1.807, 2.05) is 6.92 Å². The molecule has 0 aliphatic heterocycles. The predicted molar refractivity (Wildman–Crippen MR) is 42.1 cm³/mol. The van der Waals surface area contributed by atoms with Gasteiger partial charge < -0.3 is 4.84 Å². The summed E-state index contributed by atoms with van der Waals surface area (Å²) in [5, 5.41) is 8.79. The van der Waals surface area contributed by atoms with Crippen molar-refractivity contribution in [3.8, 4) is 0 Å². The SMILES string of the molecule is CCCCC(=O)CCO[N+](=O)[O-]. The molecule has 0 saturated heterocycles. The zero-order valence-electron chi connectivity index (χ0n) is 7.12. The number of hydrogen-bond donors (Lipinski definition) is 0. The maximum absolute atomic E-state index is 10.9. The van der Waals surface area contributed by atoms with Crippen molar-refractivity contribution in [3.05, 3.63) is 10.1 Å². The topological polar surface area (TPSA) is 69.4 Å². The number of carbonyl (C=O) groups is 1. The van der Waals surface area contributed by atoms with Gasteiger partial charge in [-0.3, -0.25) is 4.79 Å². The Labute approximate surface area is 70.8 Å². The second-order valence-electron chi connectivity index (χ2n) is 2.45. The largest absolute Gasteiger partial charge is 0.313 e. The summed E-state index contributed by atoms with van der Waals surface area (Å²) in [4.78, 5) is 24.5. The van der Waals surface area contributed by atoms with E-state index in [1.165, 1.54) is 0 Å². The lowest BCUT2D eigenvalue weighted by Gasteiger charge is -1.97. The highest BCUT2D eigenvalue weighted by atomic mass is 16.9. The van der Waals surface area contributed by atoms with Crippen LogP contribution in [0.2, 0.25) is 0 Å². The summed E-state index contributed by atoms with van der Waals surface area (Å²) in [5.41, 5.74) is 0. The Morgan fingerprint density at radius 2 is 2.17 bits per heavy atom. The number of nitrogens with zero attached hydrogens (tertiary/aromatic N) is 1. The van der Waals surface area contributed by atoms with Crippen LogP contribution in [-0.4, -0.2) is 17.5 Å². The summed E-state index contributed by atoms with van der Waals surface area (Å²) >= 11 is 0. The Bertz CT molecular complexity index is 157. The van der Waals surface area contributed by atoms with Crippen LogP contribution >= 0.6 is 0 Å². The second kappa shape index (κ2) is 6.57. The Hall–Kier alpha value is -1.13. The summed E-state index contributed by atoms with van der Waals surface area (Å²) in [6.45, 7) is 1.87. The van der Waals surface area contributed by atoms with E-state index < -0.39 is 5.09 Å². The smallest absolute Gasteiger partial charge is 0.294 e. The molecule has 0 radical (unpaired) electrons. The van der Waals surface area contributed by atoms with E-state index in [1.54, 1.807) is 0 Å². The molecule has 0 aliphatic carbocycles. The molecule has 0 atom stereocenters. The molecule has 0 aromatic heterocycles. The number of Topliss-reactive ketones (excluding diaryl/α,β-unsaturated/α-hetero) is 1. The first-order chi connectivity index (χ1) is 5.66. The quantitative estimate of drug-likeness (QED) is 0.432. The van der Waals surface area contributed by atoms with E-state index in [9.17, 15) is 14.9 Å². The molecule has 0 bridgehead atoms. The molecular weight excluding hydrogens is 162 g/mol. The minimum Gasteiger partial charge on any atom is -0.313 e. The first-order valence-corrected chi connectivity index (χ1v) is 3.95. The van der Waals surface area contributed by atoms with Crippen LogP contribution in [-0.2, 0) is 9.63 Å². The first kappa shape index (κ1) is 10.9. The fourth-order valence-electron chi connectivity index (χ4n) is 0.733. The highest BCUT2D eigenvalue weighted by Gasteiger charge is 2.02. The lowest BCUT2D eigenvalue weighted by molar-refractivity contribution is -0.757. The molecule has 0 aliphatic rings. The Kier molecular flexibility index (Phi) is 5.95. The molecule has 0 fully saturated rings. The van der Waals surface area contributed by atoms with E-state index in [0.29, 0.717) is 6.42 Å². The van der Waals surface area contributed by atoms with Gasteiger partial charge in [0, 0.05) is 12.8 Å². The molecule has 5 nitrogen and oxygen atoms in total. The maximum Gasteiger partial charge on any atom is 0.294 e. The van der Waals surface area contributed by atoms with Crippen LogP contribution in [0, 0.1) is 10.1 Å². The molecular formula is C7H13NO4. The van der Waals surface area contributed by atoms with Crippen LogP contribution in [0.5, 0.6) is 0 Å². The van der Waals surface area contributed by atoms with Crippen molar-refractivity contribution in [2.24, 2.45) is 0 Å². The Balaban J connectivity index is 3.25. The summed E-state index contributed by atoms with van der Waals surface area (Å²) in [6.07, 6.45) is 2.44. The molecule has 0 spiro atoms. The van der Waals surface area contributed by atoms with Gasteiger partial charge in [-0.25, -0.2) is 0 Å². The molecule has 0 N–H and O–H groups in total. The van der Waals surface area contributed by atoms with E-state index in [2.05, 4.69) is 4.84 Å². The normalized spacial score (nSPS) is 9.42. The van der Waals surface area contributed by atoms with Crippen LogP contribution in [0.3, 0.4) is 0 Å². The van der Waals surface area contributed by atoms with Crippen molar-refractivity contribution < 1.29 is 14.7 Å². The Morgan fingerprint density at radius 1 is 1.50 bits per heavy atom. The third-order valence-electron chi connectivity index (χ3n) is 1.39. The van der Waals surface area contributed by atoms with Crippen LogP contribution in [0.4, 0.5) is 0 Å². The van der Waals surface area contributed by atoms with Gasteiger partial charge in [0.1, 0.15) is 12.4 Å². The molecule has 70 valence electrons. The highest BCUT2D eigenvalue weighted by molar-refractivity contribution is 5.78. The number of hydrogen-bond acceptors (Lipinski definition) is 4. The molecule has 5 heteroatoms. The van der Waals surface area contributed by atoms with Gasteiger partial charge in [0.2, 0.25) is 0 Å². The van der Waals surface area contributed by atoms with Crippen LogP contribution in [0.15, 0.2) is 0 Å². The van der Waals surface area contributed by atoms with Crippen LogP contribution in [0.25, 0.3) is 0 Å². The summed E-state index contributed by atoms with van der Waals surface area (Å²) in [6, 6.07) is 0. The second-order valence-corrected chi connectivity index (χ2v) is 2.45. The van der Waals surface area contributed by atoms with Crippen molar-refractivity contribution in [1.29, 1.82) is 0 Å². The number of carbonyl (C=O) groups excluding carboxylic acids is 1. The van der Waals surface area contributed by atoms with E-state index >= 15 is 0 Å². The zero-order chi connectivity index (χ0) is 9.40. The standard InChI is InChI=1S/C7H13NO4/c1-2-3-4-7(9)5-6-12-8(10)11/h2-6H2,1H3. The predicted octanol–water partition coefficient (Wildman–Crippen LogP) is 1.34. The molecule has 0 unspecified atom stereocenters. The van der Waals surface area contributed by atoms with Gasteiger partial charge in [-0.1, -0.05) is 13.3 Å². The molecule has 0 aromatic rings. The third kappa shape index (κ3) is 6.98. The summed E-state index contributed by atoms with van der Waals surface area (Å²) in [7, 11) is 0. The Morgan fingerprint density at radius 3 is 2.67 bits per heavy atom. The third-order valence-corrected chi connectivity index (χ3v) is 1.39. The van der Waals surface area contributed by atoms with Crippen molar-refractivity contribution in [2.75, 3.05) is 6.61 Å². The molecule has 12 heavy (non-hydrogen) atoms. The number of unbranched alkanes of at least 4 members (excludes halogenated alkanes) is 1. The van der Waals surface area contributed by atoms with Crippen molar-refractivity contribution >= 4 is 5.78 Å². The molecule has 0 aromatic carbocycles. The number of rotatable bonds is 7. The van der Waals surface area contributed by atoms with Gasteiger partial charge in [0.05, 0.1) is 0 Å². The van der Waals surface area contributed by atoms with Crippen LogP contribution < -0.4 is 0 Å². The molecule has 0 amide bonds. The lowest BCUT2D eigenvalue weighted by atomic mass is 10.1. The fraction of sp³-hybridized carbons (Fsp3) is 0.857.